The minimum Gasteiger partial charge on any atom is -0.494 e. The topological polar surface area (TPSA) is 51.2 Å². The van der Waals surface area contributed by atoms with Crippen LogP contribution in [0, 0.1) is 0 Å². The van der Waals surface area contributed by atoms with Gasteiger partial charge in [-0.25, -0.2) is 0 Å². The zero-order valence-electron chi connectivity index (χ0n) is 12.0. The highest BCUT2D eigenvalue weighted by Crippen LogP contribution is 2.23. The maximum Gasteiger partial charge on any atom is 0.253 e. The average Bonchev–Trinajstić information content (AvgIpc) is 3.32. The van der Waals surface area contributed by atoms with Crippen LogP contribution in [0.15, 0.2) is 42.7 Å². The van der Waals surface area contributed by atoms with Crippen LogP contribution in [-0.4, -0.2) is 23.5 Å². The minimum absolute atomic E-state index is 0.0437. The van der Waals surface area contributed by atoms with Crippen LogP contribution in [0.5, 0.6) is 5.75 Å². The SMILES string of the molecule is CCOc1ccc(-c2cncc(C(=O)NC3CC3)c2)cc1. The first-order chi connectivity index (χ1) is 10.3. The second-order valence-electron chi connectivity index (χ2n) is 5.17. The van der Waals surface area contributed by atoms with Crippen molar-refractivity contribution in [3.63, 3.8) is 0 Å². The van der Waals surface area contributed by atoms with Gasteiger partial charge in [0.1, 0.15) is 5.75 Å². The van der Waals surface area contributed by atoms with Crippen LogP contribution in [0.3, 0.4) is 0 Å². The zero-order chi connectivity index (χ0) is 14.7. The lowest BCUT2D eigenvalue weighted by Crippen LogP contribution is -2.25. The number of rotatable bonds is 5. The summed E-state index contributed by atoms with van der Waals surface area (Å²) < 4.78 is 5.43. The molecule has 3 rings (SSSR count). The van der Waals surface area contributed by atoms with Gasteiger partial charge in [-0.15, -0.1) is 0 Å². The van der Waals surface area contributed by atoms with Crippen LogP contribution in [-0.2, 0) is 0 Å². The average molecular weight is 282 g/mol. The highest BCUT2D eigenvalue weighted by molar-refractivity contribution is 5.95. The number of nitrogens with zero attached hydrogens (tertiary/aromatic N) is 1. The van der Waals surface area contributed by atoms with Crippen LogP contribution in [0.4, 0.5) is 0 Å². The summed E-state index contributed by atoms with van der Waals surface area (Å²) in [5, 5.41) is 2.98. The molecule has 0 radical (unpaired) electrons. The van der Waals surface area contributed by atoms with E-state index in [1.54, 1.807) is 12.4 Å². The molecular formula is C17H18N2O2. The fourth-order valence-electron chi connectivity index (χ4n) is 2.13. The quantitative estimate of drug-likeness (QED) is 0.917. The Morgan fingerprint density at radius 2 is 2.00 bits per heavy atom. The molecule has 0 bridgehead atoms. The normalized spacial score (nSPS) is 13.8. The molecule has 1 aliphatic rings. The molecule has 0 unspecified atom stereocenters. The van der Waals surface area contributed by atoms with Crippen molar-refractivity contribution in [2.75, 3.05) is 6.61 Å². The fourth-order valence-corrected chi connectivity index (χ4v) is 2.13. The first-order valence-electron chi connectivity index (χ1n) is 7.25. The molecule has 108 valence electrons. The smallest absolute Gasteiger partial charge is 0.253 e. The lowest BCUT2D eigenvalue weighted by atomic mass is 10.1. The van der Waals surface area contributed by atoms with Gasteiger partial charge in [0.25, 0.3) is 5.91 Å². The maximum absolute atomic E-state index is 12.0. The first kappa shape index (κ1) is 13.6. The van der Waals surface area contributed by atoms with Gasteiger partial charge in [0, 0.05) is 24.0 Å². The monoisotopic (exact) mass is 282 g/mol. The number of hydrogen-bond acceptors (Lipinski definition) is 3. The van der Waals surface area contributed by atoms with Gasteiger partial charge in [0.15, 0.2) is 0 Å². The molecule has 0 saturated heterocycles. The van der Waals surface area contributed by atoms with Gasteiger partial charge < -0.3 is 10.1 Å². The zero-order valence-corrected chi connectivity index (χ0v) is 12.0. The number of ether oxygens (including phenoxy) is 1. The Balaban J connectivity index is 1.79. The molecule has 21 heavy (non-hydrogen) atoms. The van der Waals surface area contributed by atoms with Gasteiger partial charge in [0.2, 0.25) is 0 Å². The van der Waals surface area contributed by atoms with Gasteiger partial charge in [-0.3, -0.25) is 9.78 Å². The van der Waals surface area contributed by atoms with Crippen LogP contribution >= 0.6 is 0 Å². The highest BCUT2D eigenvalue weighted by atomic mass is 16.5. The lowest BCUT2D eigenvalue weighted by Gasteiger charge is -2.07. The summed E-state index contributed by atoms with van der Waals surface area (Å²) in [5.41, 5.74) is 2.56. The molecule has 4 nitrogen and oxygen atoms in total. The Morgan fingerprint density at radius 1 is 1.24 bits per heavy atom. The third-order valence-electron chi connectivity index (χ3n) is 3.41. The van der Waals surface area contributed by atoms with E-state index in [0.717, 1.165) is 29.7 Å². The number of aromatic nitrogens is 1. The number of pyridine rings is 1. The Morgan fingerprint density at radius 3 is 2.67 bits per heavy atom. The largest absolute Gasteiger partial charge is 0.494 e. The van der Waals surface area contributed by atoms with Crippen LogP contribution in [0.25, 0.3) is 11.1 Å². The molecule has 1 amide bonds. The van der Waals surface area contributed by atoms with E-state index in [1.165, 1.54) is 0 Å². The van der Waals surface area contributed by atoms with Crippen LogP contribution < -0.4 is 10.1 Å². The molecule has 2 aromatic rings. The van der Waals surface area contributed by atoms with Gasteiger partial charge in [0.05, 0.1) is 12.2 Å². The van der Waals surface area contributed by atoms with Gasteiger partial charge in [-0.05, 0) is 43.5 Å². The van der Waals surface area contributed by atoms with E-state index in [9.17, 15) is 4.79 Å². The maximum atomic E-state index is 12.0. The summed E-state index contributed by atoms with van der Waals surface area (Å²) in [6, 6.07) is 10.0. The highest BCUT2D eigenvalue weighted by Gasteiger charge is 2.23. The molecule has 0 atom stereocenters. The van der Waals surface area contributed by atoms with Crippen molar-refractivity contribution >= 4 is 5.91 Å². The van der Waals surface area contributed by atoms with Crippen molar-refractivity contribution in [1.82, 2.24) is 10.3 Å². The van der Waals surface area contributed by atoms with E-state index < -0.39 is 0 Å². The molecular weight excluding hydrogens is 264 g/mol. The van der Waals surface area contributed by atoms with Crippen molar-refractivity contribution in [3.8, 4) is 16.9 Å². The third-order valence-corrected chi connectivity index (χ3v) is 3.41. The molecule has 1 aliphatic carbocycles. The van der Waals surface area contributed by atoms with Crippen molar-refractivity contribution in [2.45, 2.75) is 25.8 Å². The van der Waals surface area contributed by atoms with Gasteiger partial charge in [-0.1, -0.05) is 12.1 Å². The molecule has 1 heterocycles. The second-order valence-corrected chi connectivity index (χ2v) is 5.17. The number of nitrogens with one attached hydrogen (secondary N) is 1. The summed E-state index contributed by atoms with van der Waals surface area (Å²) in [6.07, 6.45) is 5.54. The molecule has 4 heteroatoms. The molecule has 1 aromatic carbocycles. The van der Waals surface area contributed by atoms with Crippen molar-refractivity contribution in [3.05, 3.63) is 48.3 Å². The van der Waals surface area contributed by atoms with E-state index in [4.69, 9.17) is 4.74 Å². The summed E-state index contributed by atoms with van der Waals surface area (Å²) in [5.74, 6) is 0.801. The summed E-state index contributed by atoms with van der Waals surface area (Å²) in [6.45, 7) is 2.61. The van der Waals surface area contributed by atoms with E-state index in [2.05, 4.69) is 10.3 Å². The van der Waals surface area contributed by atoms with Crippen LogP contribution in [0.2, 0.25) is 0 Å². The van der Waals surface area contributed by atoms with Gasteiger partial charge in [-0.2, -0.15) is 0 Å². The van der Waals surface area contributed by atoms with E-state index in [-0.39, 0.29) is 5.91 Å². The third kappa shape index (κ3) is 3.40. The Hall–Kier alpha value is -2.36. The number of hydrogen-bond donors (Lipinski definition) is 1. The number of carbonyl (C=O) groups is 1. The second kappa shape index (κ2) is 5.95. The summed E-state index contributed by atoms with van der Waals surface area (Å²) in [4.78, 5) is 16.2. The van der Waals surface area contributed by atoms with E-state index in [1.807, 2.05) is 37.3 Å². The standard InChI is InChI=1S/C17H18N2O2/c1-2-21-16-7-3-12(4-8-16)13-9-14(11-18-10-13)17(20)19-15-5-6-15/h3-4,7-11,15H,2,5-6H2,1H3,(H,19,20). The van der Waals surface area contributed by atoms with Gasteiger partial charge >= 0.3 is 0 Å². The van der Waals surface area contributed by atoms with Crippen LogP contribution in [0.1, 0.15) is 30.1 Å². The predicted octanol–water partition coefficient (Wildman–Crippen LogP) is 3.04. The molecule has 0 spiro atoms. The number of amides is 1. The summed E-state index contributed by atoms with van der Waals surface area (Å²) in [7, 11) is 0. The molecule has 1 fully saturated rings. The van der Waals surface area contributed by atoms with E-state index in [0.29, 0.717) is 18.2 Å². The predicted molar refractivity (Wildman–Crippen MR) is 81.3 cm³/mol. The molecule has 1 N–H and O–H groups in total. The van der Waals surface area contributed by atoms with Crippen molar-refractivity contribution in [1.29, 1.82) is 0 Å². The number of carbonyl (C=O) groups excluding carboxylic acids is 1. The molecule has 0 aliphatic heterocycles. The first-order valence-corrected chi connectivity index (χ1v) is 7.25. The summed E-state index contributed by atoms with van der Waals surface area (Å²) >= 11 is 0. The number of benzene rings is 1. The lowest BCUT2D eigenvalue weighted by molar-refractivity contribution is 0.0950. The Kier molecular flexibility index (Phi) is 3.86. The molecule has 1 aromatic heterocycles. The van der Waals surface area contributed by atoms with Crippen molar-refractivity contribution in [2.24, 2.45) is 0 Å². The fraction of sp³-hybridized carbons (Fsp3) is 0.294. The minimum atomic E-state index is -0.0437. The Labute approximate surface area is 124 Å². The Bertz CT molecular complexity index is 633. The molecule has 1 saturated carbocycles. The van der Waals surface area contributed by atoms with Crippen molar-refractivity contribution < 1.29 is 9.53 Å². The van der Waals surface area contributed by atoms with E-state index >= 15 is 0 Å².